The normalized spacial score (nSPS) is 8.42. The van der Waals surface area contributed by atoms with Crippen LogP contribution in [0.5, 0.6) is 0 Å². The summed E-state index contributed by atoms with van der Waals surface area (Å²) in [5, 5.41) is 10.6. The number of amides is 1. The van der Waals surface area contributed by atoms with E-state index in [9.17, 15) is 4.79 Å². The molecular weight excluding hydrogens is 245 g/mol. The molecule has 5 heteroatoms. The van der Waals surface area contributed by atoms with E-state index in [2.05, 4.69) is 21.2 Å². The summed E-state index contributed by atoms with van der Waals surface area (Å²) in [7, 11) is 0. The minimum Gasteiger partial charge on any atom is -0.465 e. The number of carboxylic acid groups (broad SMARTS) is 1. The maximum absolute atomic E-state index is 10.2. The molecule has 0 aromatic heterocycles. The van der Waals surface area contributed by atoms with Crippen LogP contribution in [0.15, 0.2) is 28.7 Å². The van der Waals surface area contributed by atoms with E-state index in [0.29, 0.717) is 5.69 Å². The summed E-state index contributed by atoms with van der Waals surface area (Å²) in [6.45, 7) is 0. The van der Waals surface area contributed by atoms with E-state index in [1.807, 2.05) is 6.07 Å². The monoisotopic (exact) mass is 251 g/mol. The van der Waals surface area contributed by atoms with Crippen molar-refractivity contribution in [3.8, 4) is 0 Å². The maximum Gasteiger partial charge on any atom is 0.409 e. The summed E-state index contributed by atoms with van der Waals surface area (Å²) in [6.07, 6.45) is -1.06. The highest BCUT2D eigenvalue weighted by atomic mass is 79.9. The highest BCUT2D eigenvalue weighted by Crippen LogP contribution is 2.20. The Morgan fingerprint density at radius 1 is 1.42 bits per heavy atom. The quantitative estimate of drug-likeness (QED) is 0.807. The Morgan fingerprint density at radius 2 is 2.00 bits per heavy atom. The highest BCUT2D eigenvalue weighted by Gasteiger charge is 1.99. The number of para-hydroxylation sites is 1. The molecule has 0 fully saturated rings. The fraction of sp³-hybridized carbons (Fsp3) is 0. The van der Waals surface area contributed by atoms with Crippen molar-refractivity contribution >= 4 is 40.1 Å². The molecule has 0 heterocycles. The number of carbonyl (C=O) groups is 1. The predicted molar refractivity (Wildman–Crippen MR) is 53.0 cm³/mol. The van der Waals surface area contributed by atoms with Gasteiger partial charge in [-0.1, -0.05) is 12.1 Å². The van der Waals surface area contributed by atoms with E-state index in [-0.39, 0.29) is 12.4 Å². The Morgan fingerprint density at radius 3 is 2.50 bits per heavy atom. The average Bonchev–Trinajstić information content (AvgIpc) is 1.93. The minimum absolute atomic E-state index is 0. The lowest BCUT2D eigenvalue weighted by molar-refractivity contribution is 0.209. The summed E-state index contributed by atoms with van der Waals surface area (Å²) in [5.74, 6) is 0. The largest absolute Gasteiger partial charge is 0.465 e. The molecule has 0 unspecified atom stereocenters. The van der Waals surface area contributed by atoms with Crippen molar-refractivity contribution in [2.45, 2.75) is 0 Å². The number of hydrogen-bond acceptors (Lipinski definition) is 1. The van der Waals surface area contributed by atoms with Crippen molar-refractivity contribution in [3.63, 3.8) is 0 Å². The average molecular weight is 252 g/mol. The zero-order valence-corrected chi connectivity index (χ0v) is 8.35. The molecule has 66 valence electrons. The Hall–Kier alpha value is -0.740. The van der Waals surface area contributed by atoms with Gasteiger partial charge in [0.25, 0.3) is 0 Å². The second kappa shape index (κ2) is 5.00. The van der Waals surface area contributed by atoms with Gasteiger partial charge in [-0.15, -0.1) is 12.4 Å². The van der Waals surface area contributed by atoms with Crippen LogP contribution in [0.1, 0.15) is 0 Å². The second-order valence-electron chi connectivity index (χ2n) is 1.91. The van der Waals surface area contributed by atoms with E-state index in [0.717, 1.165) is 4.47 Å². The van der Waals surface area contributed by atoms with Crippen molar-refractivity contribution < 1.29 is 9.90 Å². The van der Waals surface area contributed by atoms with Crippen LogP contribution in [-0.4, -0.2) is 11.2 Å². The van der Waals surface area contributed by atoms with Crippen LogP contribution in [0.25, 0.3) is 0 Å². The standard InChI is InChI=1S/C7H6BrNO2.ClH/c8-5-3-1-2-4-6(5)9-7(10)11;/h1-4,9H,(H,10,11);1H. The van der Waals surface area contributed by atoms with Gasteiger partial charge in [-0.3, -0.25) is 5.32 Å². The van der Waals surface area contributed by atoms with Crippen LogP contribution in [-0.2, 0) is 0 Å². The van der Waals surface area contributed by atoms with Gasteiger partial charge in [0, 0.05) is 4.47 Å². The van der Waals surface area contributed by atoms with Gasteiger partial charge in [0.05, 0.1) is 5.69 Å². The Labute approximate surface area is 84.3 Å². The summed E-state index contributed by atoms with van der Waals surface area (Å²) >= 11 is 3.20. The van der Waals surface area contributed by atoms with Crippen LogP contribution in [0, 0.1) is 0 Å². The number of benzene rings is 1. The maximum atomic E-state index is 10.2. The van der Waals surface area contributed by atoms with Gasteiger partial charge < -0.3 is 5.11 Å². The third-order valence-electron chi connectivity index (χ3n) is 1.12. The third-order valence-corrected chi connectivity index (χ3v) is 1.81. The van der Waals surface area contributed by atoms with Gasteiger partial charge in [0.1, 0.15) is 0 Å². The lowest BCUT2D eigenvalue weighted by atomic mass is 10.3. The van der Waals surface area contributed by atoms with Gasteiger partial charge in [0.2, 0.25) is 0 Å². The smallest absolute Gasteiger partial charge is 0.409 e. The Balaban J connectivity index is 0.00000121. The molecule has 0 aliphatic rings. The Bertz CT molecular complexity index is 280. The summed E-state index contributed by atoms with van der Waals surface area (Å²) in [5.41, 5.74) is 0.556. The van der Waals surface area contributed by atoms with Crippen molar-refractivity contribution in [1.82, 2.24) is 0 Å². The van der Waals surface area contributed by atoms with Gasteiger partial charge in [-0.2, -0.15) is 0 Å². The SMILES string of the molecule is Cl.O=C(O)Nc1ccccc1Br. The molecule has 0 saturated heterocycles. The zero-order valence-electron chi connectivity index (χ0n) is 5.95. The van der Waals surface area contributed by atoms with E-state index < -0.39 is 6.09 Å². The summed E-state index contributed by atoms with van der Waals surface area (Å²) in [4.78, 5) is 10.2. The first-order valence-corrected chi connectivity index (χ1v) is 3.74. The van der Waals surface area contributed by atoms with Crippen LogP contribution in [0.2, 0.25) is 0 Å². The minimum atomic E-state index is -1.06. The van der Waals surface area contributed by atoms with Crippen LogP contribution >= 0.6 is 28.3 Å². The van der Waals surface area contributed by atoms with Crippen LogP contribution < -0.4 is 5.32 Å². The molecule has 0 aliphatic heterocycles. The molecule has 1 rings (SSSR count). The molecule has 12 heavy (non-hydrogen) atoms. The summed E-state index contributed by atoms with van der Waals surface area (Å²) in [6, 6.07) is 7.02. The lowest BCUT2D eigenvalue weighted by Crippen LogP contribution is -2.07. The number of anilines is 1. The van der Waals surface area contributed by atoms with Gasteiger partial charge in [-0.25, -0.2) is 4.79 Å². The topological polar surface area (TPSA) is 49.3 Å². The number of halogens is 2. The first-order valence-electron chi connectivity index (χ1n) is 2.94. The van der Waals surface area contributed by atoms with Crippen molar-refractivity contribution in [2.24, 2.45) is 0 Å². The molecule has 2 N–H and O–H groups in total. The molecule has 0 saturated carbocycles. The molecule has 0 radical (unpaired) electrons. The number of hydrogen-bond donors (Lipinski definition) is 2. The molecule has 1 amide bonds. The van der Waals surface area contributed by atoms with E-state index in [1.165, 1.54) is 0 Å². The van der Waals surface area contributed by atoms with Crippen molar-refractivity contribution in [3.05, 3.63) is 28.7 Å². The molecule has 0 atom stereocenters. The van der Waals surface area contributed by atoms with E-state index in [4.69, 9.17) is 5.11 Å². The van der Waals surface area contributed by atoms with E-state index >= 15 is 0 Å². The zero-order chi connectivity index (χ0) is 8.27. The molecule has 0 spiro atoms. The Kier molecular flexibility index (Phi) is 4.70. The molecule has 0 aliphatic carbocycles. The molecule has 1 aromatic carbocycles. The van der Waals surface area contributed by atoms with Crippen molar-refractivity contribution in [1.29, 1.82) is 0 Å². The first kappa shape index (κ1) is 11.3. The first-order chi connectivity index (χ1) is 5.20. The van der Waals surface area contributed by atoms with Gasteiger partial charge in [-0.05, 0) is 28.1 Å². The fourth-order valence-electron chi connectivity index (χ4n) is 0.678. The number of rotatable bonds is 1. The van der Waals surface area contributed by atoms with Gasteiger partial charge in [0.15, 0.2) is 0 Å². The van der Waals surface area contributed by atoms with Gasteiger partial charge >= 0.3 is 6.09 Å². The fourth-order valence-corrected chi connectivity index (χ4v) is 1.06. The highest BCUT2D eigenvalue weighted by molar-refractivity contribution is 9.10. The number of nitrogens with one attached hydrogen (secondary N) is 1. The van der Waals surface area contributed by atoms with Crippen LogP contribution in [0.4, 0.5) is 10.5 Å². The van der Waals surface area contributed by atoms with Crippen molar-refractivity contribution in [2.75, 3.05) is 5.32 Å². The third kappa shape index (κ3) is 3.11. The second-order valence-corrected chi connectivity index (χ2v) is 2.76. The molecular formula is C7H7BrClNO2. The molecule has 0 bridgehead atoms. The lowest BCUT2D eigenvalue weighted by Gasteiger charge is -2.01. The summed E-state index contributed by atoms with van der Waals surface area (Å²) < 4.78 is 0.738. The molecule has 1 aromatic rings. The van der Waals surface area contributed by atoms with Crippen LogP contribution in [0.3, 0.4) is 0 Å². The molecule has 3 nitrogen and oxygen atoms in total. The van der Waals surface area contributed by atoms with E-state index in [1.54, 1.807) is 18.2 Å². The predicted octanol–water partition coefficient (Wildman–Crippen LogP) is 2.96.